The molecule has 166 valence electrons. The molecule has 0 saturated carbocycles. The number of nitrogens with zero attached hydrogens (tertiary/aromatic N) is 5. The summed E-state index contributed by atoms with van der Waals surface area (Å²) in [5.74, 6) is -0.858. The molecule has 11 heteroatoms. The fraction of sp³-hybridized carbons (Fsp3) is 0.227. The summed E-state index contributed by atoms with van der Waals surface area (Å²) in [6.45, 7) is 1.63. The number of fused-ring (bicyclic) bond motifs is 1. The molecule has 2 aromatic heterocycles. The Balaban J connectivity index is 1.44. The monoisotopic (exact) mass is 445 g/mol. The van der Waals surface area contributed by atoms with Crippen molar-refractivity contribution < 1.29 is 19.2 Å². The Morgan fingerprint density at radius 3 is 2.85 bits per heavy atom. The van der Waals surface area contributed by atoms with Crippen LogP contribution in [0.25, 0.3) is 16.9 Å². The van der Waals surface area contributed by atoms with E-state index in [9.17, 15) is 19.2 Å². The van der Waals surface area contributed by atoms with Crippen molar-refractivity contribution in [3.63, 3.8) is 0 Å². The van der Waals surface area contributed by atoms with Crippen molar-refractivity contribution in [3.05, 3.63) is 53.9 Å². The molecule has 0 bridgehead atoms. The molecule has 3 aromatic rings. The number of aromatic nitrogens is 4. The van der Waals surface area contributed by atoms with Gasteiger partial charge in [0, 0.05) is 42.8 Å². The first-order chi connectivity index (χ1) is 15.9. The van der Waals surface area contributed by atoms with Crippen molar-refractivity contribution in [2.75, 3.05) is 5.32 Å². The third kappa shape index (κ3) is 3.73. The summed E-state index contributed by atoms with van der Waals surface area (Å²) in [6, 6.07) is 8.05. The molecular weight excluding hydrogens is 426 g/mol. The number of pyridine rings is 1. The standard InChI is InChI=1S/C22H19N7O4/c1-12(30)24-19-9-13(7-8-23-19)16-11-29(27-26-16)17-4-2-3-14-15(17)10-28(22(14)33)18-5-6-20(31)25-21(18)32/h2-4,7-9,11,18H,5-6,10H2,1H3,(H,23,24,30)(H,25,31,32). The van der Waals surface area contributed by atoms with Crippen molar-refractivity contribution in [3.8, 4) is 16.9 Å². The van der Waals surface area contributed by atoms with Crippen molar-refractivity contribution in [1.82, 2.24) is 30.2 Å². The second-order valence-electron chi connectivity index (χ2n) is 7.86. The number of nitrogens with one attached hydrogen (secondary N) is 2. The maximum Gasteiger partial charge on any atom is 0.255 e. The second kappa shape index (κ2) is 7.93. The van der Waals surface area contributed by atoms with Gasteiger partial charge in [-0.3, -0.25) is 24.5 Å². The highest BCUT2D eigenvalue weighted by atomic mass is 16.2. The van der Waals surface area contributed by atoms with Crippen molar-refractivity contribution in [2.45, 2.75) is 32.4 Å². The average molecular weight is 445 g/mol. The molecule has 1 aromatic carbocycles. The lowest BCUT2D eigenvalue weighted by Crippen LogP contribution is -2.52. The fourth-order valence-electron chi connectivity index (χ4n) is 4.14. The molecule has 2 aliphatic heterocycles. The maximum absolute atomic E-state index is 13.0. The third-order valence-electron chi connectivity index (χ3n) is 5.66. The van der Waals surface area contributed by atoms with Gasteiger partial charge in [-0.1, -0.05) is 11.3 Å². The number of hydrogen-bond donors (Lipinski definition) is 2. The largest absolute Gasteiger partial charge is 0.322 e. The van der Waals surface area contributed by atoms with E-state index in [-0.39, 0.29) is 30.7 Å². The predicted octanol–water partition coefficient (Wildman–Crippen LogP) is 1.05. The van der Waals surface area contributed by atoms with Gasteiger partial charge in [0.1, 0.15) is 17.6 Å². The summed E-state index contributed by atoms with van der Waals surface area (Å²) < 4.78 is 1.58. The van der Waals surface area contributed by atoms with Crippen LogP contribution in [0.3, 0.4) is 0 Å². The zero-order valence-electron chi connectivity index (χ0n) is 17.6. The summed E-state index contributed by atoms with van der Waals surface area (Å²) in [4.78, 5) is 53.7. The lowest BCUT2D eigenvalue weighted by atomic mass is 10.0. The van der Waals surface area contributed by atoms with Gasteiger partial charge in [0.15, 0.2) is 0 Å². The van der Waals surface area contributed by atoms with Gasteiger partial charge < -0.3 is 10.2 Å². The summed E-state index contributed by atoms with van der Waals surface area (Å²) in [6.07, 6.45) is 3.78. The number of piperidine rings is 1. The van der Waals surface area contributed by atoms with E-state index in [4.69, 9.17) is 0 Å². The highest BCUT2D eigenvalue weighted by Gasteiger charge is 2.40. The Labute approximate surface area is 187 Å². The number of benzene rings is 1. The van der Waals surface area contributed by atoms with Gasteiger partial charge in [0.2, 0.25) is 17.7 Å². The molecule has 4 amide bonds. The summed E-state index contributed by atoms with van der Waals surface area (Å²) in [5, 5.41) is 13.4. The fourth-order valence-corrected chi connectivity index (χ4v) is 4.14. The van der Waals surface area contributed by atoms with Crippen molar-refractivity contribution in [1.29, 1.82) is 0 Å². The molecule has 5 rings (SSSR count). The lowest BCUT2D eigenvalue weighted by molar-refractivity contribution is -0.137. The van der Waals surface area contributed by atoms with Crippen LogP contribution in [0, 0.1) is 0 Å². The van der Waals surface area contributed by atoms with Crippen LogP contribution in [0.15, 0.2) is 42.7 Å². The summed E-state index contributed by atoms with van der Waals surface area (Å²) in [7, 11) is 0. The van der Waals surface area contributed by atoms with Crippen LogP contribution in [0.5, 0.6) is 0 Å². The van der Waals surface area contributed by atoms with Crippen molar-refractivity contribution in [2.24, 2.45) is 0 Å². The van der Waals surface area contributed by atoms with E-state index < -0.39 is 11.9 Å². The molecule has 1 saturated heterocycles. The van der Waals surface area contributed by atoms with Gasteiger partial charge in [-0.15, -0.1) is 5.10 Å². The predicted molar refractivity (Wildman–Crippen MR) is 115 cm³/mol. The zero-order valence-corrected chi connectivity index (χ0v) is 17.6. The van der Waals surface area contributed by atoms with Gasteiger partial charge in [-0.25, -0.2) is 9.67 Å². The first-order valence-electron chi connectivity index (χ1n) is 10.3. The summed E-state index contributed by atoms with van der Waals surface area (Å²) >= 11 is 0. The molecule has 11 nitrogen and oxygen atoms in total. The number of carbonyl (C=O) groups excluding carboxylic acids is 4. The van der Waals surface area contributed by atoms with Gasteiger partial charge in [0.25, 0.3) is 5.91 Å². The average Bonchev–Trinajstić information content (AvgIpc) is 3.39. The normalized spacial score (nSPS) is 17.7. The van der Waals surface area contributed by atoms with Crippen LogP contribution in [-0.4, -0.2) is 54.5 Å². The maximum atomic E-state index is 13.0. The van der Waals surface area contributed by atoms with Crippen molar-refractivity contribution >= 4 is 29.4 Å². The van der Waals surface area contributed by atoms with Crippen LogP contribution < -0.4 is 10.6 Å². The van der Waals surface area contributed by atoms with E-state index in [0.717, 1.165) is 5.56 Å². The smallest absolute Gasteiger partial charge is 0.255 e. The minimum Gasteiger partial charge on any atom is -0.322 e. The molecule has 4 heterocycles. The number of amides is 4. The lowest BCUT2D eigenvalue weighted by Gasteiger charge is -2.29. The quantitative estimate of drug-likeness (QED) is 0.572. The van der Waals surface area contributed by atoms with Crippen LogP contribution in [0.2, 0.25) is 0 Å². The molecule has 1 fully saturated rings. The minimum atomic E-state index is -0.689. The molecule has 33 heavy (non-hydrogen) atoms. The molecule has 0 radical (unpaired) electrons. The van der Waals surface area contributed by atoms with E-state index in [1.165, 1.54) is 11.8 Å². The Bertz CT molecular complexity index is 1320. The Kier molecular flexibility index (Phi) is 4.93. The van der Waals surface area contributed by atoms with Gasteiger partial charge >= 0.3 is 0 Å². The van der Waals surface area contributed by atoms with Gasteiger partial charge in [-0.2, -0.15) is 0 Å². The zero-order chi connectivity index (χ0) is 23.1. The summed E-state index contributed by atoms with van der Waals surface area (Å²) in [5.41, 5.74) is 3.18. The van der Waals surface area contributed by atoms with E-state index in [2.05, 4.69) is 25.9 Å². The third-order valence-corrected chi connectivity index (χ3v) is 5.66. The highest BCUT2D eigenvalue weighted by molar-refractivity contribution is 6.05. The molecule has 1 unspecified atom stereocenters. The number of anilines is 1. The number of rotatable bonds is 4. The SMILES string of the molecule is CC(=O)Nc1cc(-c2cn(-c3cccc4c3CN(C3CCC(=O)NC3=O)C4=O)nn2)ccn1. The van der Waals surface area contributed by atoms with E-state index in [0.29, 0.717) is 34.7 Å². The van der Waals surface area contributed by atoms with Crippen LogP contribution in [0.4, 0.5) is 5.82 Å². The van der Waals surface area contributed by atoms with E-state index in [1.807, 2.05) is 6.07 Å². The van der Waals surface area contributed by atoms with Crippen LogP contribution in [0.1, 0.15) is 35.7 Å². The molecule has 2 N–H and O–H groups in total. The number of carbonyl (C=O) groups is 4. The molecule has 1 atom stereocenters. The van der Waals surface area contributed by atoms with E-state index >= 15 is 0 Å². The highest BCUT2D eigenvalue weighted by Crippen LogP contribution is 2.31. The first kappa shape index (κ1) is 20.5. The number of hydrogen-bond acceptors (Lipinski definition) is 7. The minimum absolute atomic E-state index is 0.197. The molecular formula is C22H19N7O4. The Hall–Kier alpha value is -4.41. The molecule has 2 aliphatic rings. The Morgan fingerprint density at radius 2 is 2.06 bits per heavy atom. The van der Waals surface area contributed by atoms with Crippen LogP contribution in [-0.2, 0) is 20.9 Å². The molecule has 0 aliphatic carbocycles. The van der Waals surface area contributed by atoms with Gasteiger partial charge in [-0.05, 0) is 30.7 Å². The van der Waals surface area contributed by atoms with E-state index in [1.54, 1.807) is 41.3 Å². The first-order valence-corrected chi connectivity index (χ1v) is 10.3. The van der Waals surface area contributed by atoms with Crippen LogP contribution >= 0.6 is 0 Å². The van der Waals surface area contributed by atoms with Gasteiger partial charge in [0.05, 0.1) is 11.9 Å². The Morgan fingerprint density at radius 1 is 1.21 bits per heavy atom. The molecule has 0 spiro atoms. The second-order valence-corrected chi connectivity index (χ2v) is 7.86. The number of imide groups is 1. The topological polar surface area (TPSA) is 139 Å².